The van der Waals surface area contributed by atoms with Crippen LogP contribution < -0.4 is 12.4 Å². The lowest BCUT2D eigenvalue weighted by atomic mass is 10.2. The summed E-state index contributed by atoms with van der Waals surface area (Å²) in [5.74, 6) is 0. The number of nitrogens with zero attached hydrogens (tertiary/aromatic N) is 1. The molecule has 0 heterocycles. The maximum atomic E-state index is 4.01. The second-order valence-corrected chi connectivity index (χ2v) is 3.53. The highest BCUT2D eigenvalue weighted by Gasteiger charge is 1.98. The molecule has 0 saturated carbocycles. The number of halogens is 1. The molecule has 0 atom stereocenters. The van der Waals surface area contributed by atoms with E-state index < -0.39 is 0 Å². The van der Waals surface area contributed by atoms with Gasteiger partial charge in [-0.05, 0) is 12.8 Å². The molecule has 0 spiro atoms. The van der Waals surface area contributed by atoms with Gasteiger partial charge in [-0.25, -0.2) is 4.58 Å². The molecule has 13 heavy (non-hydrogen) atoms. The molecule has 0 unspecified atom stereocenters. The maximum Gasteiger partial charge on any atom is 0.142 e. The molecule has 2 heteroatoms. The summed E-state index contributed by atoms with van der Waals surface area (Å²) in [6, 6.07) is 0. The Bertz CT molecular complexity index is 101. The van der Waals surface area contributed by atoms with Crippen LogP contribution in [-0.4, -0.2) is 24.4 Å². The summed E-state index contributed by atoms with van der Waals surface area (Å²) in [7, 11) is 0. The zero-order valence-corrected chi connectivity index (χ0v) is 9.95. The summed E-state index contributed by atoms with van der Waals surface area (Å²) >= 11 is 0. The lowest BCUT2D eigenvalue weighted by molar-refractivity contribution is -0.520. The number of rotatable bonds is 8. The van der Waals surface area contributed by atoms with Gasteiger partial charge in [-0.2, -0.15) is 0 Å². The van der Waals surface area contributed by atoms with Gasteiger partial charge in [-0.15, -0.1) is 0 Å². The molecule has 0 aliphatic heterocycles. The summed E-state index contributed by atoms with van der Waals surface area (Å²) in [5, 5.41) is 0. The van der Waals surface area contributed by atoms with Crippen LogP contribution in [0, 0.1) is 0 Å². The zero-order valence-electron chi connectivity index (χ0n) is 9.19. The van der Waals surface area contributed by atoms with Crippen molar-refractivity contribution in [2.75, 3.05) is 13.1 Å². The quantitative estimate of drug-likeness (QED) is 0.300. The van der Waals surface area contributed by atoms with Gasteiger partial charge in [-0.3, -0.25) is 0 Å². The molecule has 0 aromatic rings. The monoisotopic (exact) mass is 205 g/mol. The molecule has 0 rings (SSSR count). The van der Waals surface area contributed by atoms with Crippen LogP contribution in [0.3, 0.4) is 0 Å². The molecule has 0 aromatic carbocycles. The molecule has 0 saturated heterocycles. The smallest absolute Gasteiger partial charge is 0.142 e. The average Bonchev–Trinajstić information content (AvgIpc) is 2.06. The summed E-state index contributed by atoms with van der Waals surface area (Å²) in [4.78, 5) is 0. The molecule has 1 nitrogen and oxygen atoms in total. The SMILES string of the molecule is C=[N+](CCCCC)CCCCC.[Cl-]. The minimum absolute atomic E-state index is 0. The van der Waals surface area contributed by atoms with Crippen molar-refractivity contribution in [3.05, 3.63) is 0 Å². The molecular formula is C11H24ClN. The van der Waals surface area contributed by atoms with E-state index in [1.165, 1.54) is 51.6 Å². The molecule has 80 valence electrons. The third-order valence-corrected chi connectivity index (χ3v) is 2.16. The molecular weight excluding hydrogens is 182 g/mol. The van der Waals surface area contributed by atoms with Crippen molar-refractivity contribution in [2.45, 2.75) is 52.4 Å². The highest BCUT2D eigenvalue weighted by Crippen LogP contribution is 1.97. The summed E-state index contributed by atoms with van der Waals surface area (Å²) in [6.45, 7) is 10.9. The van der Waals surface area contributed by atoms with Gasteiger partial charge in [0.15, 0.2) is 0 Å². The molecule has 0 amide bonds. The standard InChI is InChI=1S/C11H24N.ClH/c1-4-6-8-10-12(3)11-9-7-5-2;/h3-11H2,1-2H3;1H/q+1;/p-1. The minimum atomic E-state index is 0. The Morgan fingerprint density at radius 3 is 1.54 bits per heavy atom. The van der Waals surface area contributed by atoms with E-state index in [1.54, 1.807) is 0 Å². The second kappa shape index (κ2) is 12.0. The first-order valence-electron chi connectivity index (χ1n) is 5.36. The largest absolute Gasteiger partial charge is 1.00 e. The third kappa shape index (κ3) is 12.0. The molecule has 0 bridgehead atoms. The van der Waals surface area contributed by atoms with E-state index in [0.29, 0.717) is 0 Å². The Morgan fingerprint density at radius 2 is 1.23 bits per heavy atom. The number of hydrogen-bond acceptors (Lipinski definition) is 0. The van der Waals surface area contributed by atoms with Crippen LogP contribution in [0.2, 0.25) is 0 Å². The summed E-state index contributed by atoms with van der Waals surface area (Å²) in [5.41, 5.74) is 0. The van der Waals surface area contributed by atoms with E-state index in [4.69, 9.17) is 0 Å². The highest BCUT2D eigenvalue weighted by molar-refractivity contribution is 5.14. The van der Waals surface area contributed by atoms with Crippen molar-refractivity contribution in [3.63, 3.8) is 0 Å². The Balaban J connectivity index is 0. The second-order valence-electron chi connectivity index (χ2n) is 3.53. The maximum absolute atomic E-state index is 4.01. The molecule has 0 N–H and O–H groups in total. The molecule has 0 fully saturated rings. The predicted molar refractivity (Wildman–Crippen MR) is 56.2 cm³/mol. The van der Waals surface area contributed by atoms with Crippen molar-refractivity contribution in [3.8, 4) is 0 Å². The van der Waals surface area contributed by atoms with Gasteiger partial charge in [0, 0.05) is 12.8 Å². The first-order valence-corrected chi connectivity index (χ1v) is 5.36. The van der Waals surface area contributed by atoms with Gasteiger partial charge < -0.3 is 12.4 Å². The number of unbranched alkanes of at least 4 members (excludes halogenated alkanes) is 4. The normalized spacial score (nSPS) is 9.38. The van der Waals surface area contributed by atoms with E-state index in [0.717, 1.165) is 0 Å². The van der Waals surface area contributed by atoms with Crippen molar-refractivity contribution in [2.24, 2.45) is 0 Å². The summed E-state index contributed by atoms with van der Waals surface area (Å²) < 4.78 is 2.21. The Labute approximate surface area is 89.6 Å². The molecule has 0 aromatic heterocycles. The Hall–Kier alpha value is -0.0400. The Kier molecular flexibility index (Phi) is 14.2. The first kappa shape index (κ1) is 15.4. The van der Waals surface area contributed by atoms with E-state index in [2.05, 4.69) is 25.1 Å². The predicted octanol–water partition coefficient (Wildman–Crippen LogP) is 0.0839. The van der Waals surface area contributed by atoms with Crippen LogP contribution in [0.4, 0.5) is 0 Å². The van der Waals surface area contributed by atoms with E-state index >= 15 is 0 Å². The van der Waals surface area contributed by atoms with E-state index in [1.807, 2.05) is 0 Å². The lowest BCUT2D eigenvalue weighted by Crippen LogP contribution is -3.00. The van der Waals surface area contributed by atoms with Gasteiger partial charge in [0.1, 0.15) is 19.8 Å². The van der Waals surface area contributed by atoms with Gasteiger partial charge in [-0.1, -0.05) is 26.7 Å². The fourth-order valence-electron chi connectivity index (χ4n) is 1.28. The summed E-state index contributed by atoms with van der Waals surface area (Å²) in [6.07, 6.45) is 7.93. The van der Waals surface area contributed by atoms with Crippen LogP contribution in [0.15, 0.2) is 0 Å². The fourth-order valence-corrected chi connectivity index (χ4v) is 1.28. The average molecular weight is 206 g/mol. The third-order valence-electron chi connectivity index (χ3n) is 2.16. The van der Waals surface area contributed by atoms with Crippen LogP contribution in [0.5, 0.6) is 0 Å². The van der Waals surface area contributed by atoms with E-state index in [9.17, 15) is 0 Å². The fraction of sp³-hybridized carbons (Fsp3) is 0.909. The highest BCUT2D eigenvalue weighted by atomic mass is 35.5. The topological polar surface area (TPSA) is 3.01 Å². The first-order chi connectivity index (χ1) is 5.81. The van der Waals surface area contributed by atoms with Crippen molar-refractivity contribution < 1.29 is 17.0 Å². The zero-order chi connectivity index (χ0) is 9.23. The van der Waals surface area contributed by atoms with Gasteiger partial charge >= 0.3 is 0 Å². The van der Waals surface area contributed by atoms with Crippen molar-refractivity contribution >= 4 is 6.72 Å². The molecule has 0 radical (unpaired) electrons. The van der Waals surface area contributed by atoms with Crippen LogP contribution >= 0.6 is 0 Å². The van der Waals surface area contributed by atoms with Crippen molar-refractivity contribution in [1.29, 1.82) is 0 Å². The lowest BCUT2D eigenvalue weighted by Gasteiger charge is -2.00. The van der Waals surface area contributed by atoms with Crippen LogP contribution in [0.25, 0.3) is 0 Å². The van der Waals surface area contributed by atoms with E-state index in [-0.39, 0.29) is 12.4 Å². The van der Waals surface area contributed by atoms with Crippen molar-refractivity contribution in [1.82, 2.24) is 0 Å². The minimum Gasteiger partial charge on any atom is -1.00 e. The van der Waals surface area contributed by atoms with Gasteiger partial charge in [0.25, 0.3) is 0 Å². The molecule has 0 aliphatic carbocycles. The molecule has 0 aliphatic rings. The Morgan fingerprint density at radius 1 is 0.846 bits per heavy atom. The number of hydrogen-bond donors (Lipinski definition) is 0. The van der Waals surface area contributed by atoms with Crippen LogP contribution in [0.1, 0.15) is 52.4 Å². The van der Waals surface area contributed by atoms with Crippen LogP contribution in [-0.2, 0) is 0 Å². The van der Waals surface area contributed by atoms with Gasteiger partial charge in [0.05, 0.1) is 0 Å². The van der Waals surface area contributed by atoms with Gasteiger partial charge in [0.2, 0.25) is 0 Å².